The lowest BCUT2D eigenvalue weighted by Gasteiger charge is -2.27. The lowest BCUT2D eigenvalue weighted by molar-refractivity contribution is -0.384. The van der Waals surface area contributed by atoms with Gasteiger partial charge in [0.1, 0.15) is 6.10 Å². The van der Waals surface area contributed by atoms with Gasteiger partial charge < -0.3 is 14.2 Å². The van der Waals surface area contributed by atoms with Crippen LogP contribution in [0.3, 0.4) is 0 Å². The molecule has 0 saturated carbocycles. The van der Waals surface area contributed by atoms with E-state index in [1.54, 1.807) is 0 Å². The predicted octanol–water partition coefficient (Wildman–Crippen LogP) is 1.33. The fourth-order valence-corrected chi connectivity index (χ4v) is 2.15. The molecule has 2 rings (SSSR count). The maximum absolute atomic E-state index is 12.0. The molecule has 1 aliphatic heterocycles. The van der Waals surface area contributed by atoms with E-state index in [1.807, 2.05) is 0 Å². The molecule has 1 fully saturated rings. The zero-order valence-corrected chi connectivity index (χ0v) is 11.9. The molecule has 1 heterocycles. The van der Waals surface area contributed by atoms with Gasteiger partial charge in [-0.15, -0.1) is 0 Å². The van der Waals surface area contributed by atoms with Gasteiger partial charge in [-0.1, -0.05) is 0 Å². The molecular formula is C14H15NO7. The Labute approximate surface area is 126 Å². The SMILES string of the molecule is COC(=O)[C@H]1COCC(OC(=O)c2ccc([N+](=O)[O-])cc2)C1. The molecule has 1 aromatic rings. The molecule has 22 heavy (non-hydrogen) atoms. The number of esters is 2. The van der Waals surface area contributed by atoms with Crippen molar-refractivity contribution < 1.29 is 28.7 Å². The topological polar surface area (TPSA) is 105 Å². The van der Waals surface area contributed by atoms with Gasteiger partial charge in [-0.25, -0.2) is 4.79 Å². The van der Waals surface area contributed by atoms with Crippen LogP contribution in [-0.2, 0) is 19.0 Å². The zero-order chi connectivity index (χ0) is 16.1. The van der Waals surface area contributed by atoms with Crippen LogP contribution >= 0.6 is 0 Å². The number of nitro groups is 1. The Kier molecular flexibility index (Phi) is 5.05. The second-order valence-corrected chi connectivity index (χ2v) is 4.82. The first-order valence-electron chi connectivity index (χ1n) is 6.62. The summed E-state index contributed by atoms with van der Waals surface area (Å²) in [5.41, 5.74) is 0.0918. The van der Waals surface area contributed by atoms with Gasteiger partial charge in [0, 0.05) is 18.6 Å². The number of hydrogen-bond donors (Lipinski definition) is 0. The molecular weight excluding hydrogens is 294 g/mol. The van der Waals surface area contributed by atoms with E-state index in [0.29, 0.717) is 6.42 Å². The van der Waals surface area contributed by atoms with Crippen molar-refractivity contribution in [2.24, 2.45) is 5.92 Å². The Morgan fingerprint density at radius 1 is 1.27 bits per heavy atom. The van der Waals surface area contributed by atoms with Crippen molar-refractivity contribution in [3.63, 3.8) is 0 Å². The molecule has 118 valence electrons. The average Bonchev–Trinajstić information content (AvgIpc) is 2.54. The maximum atomic E-state index is 12.0. The number of nitrogens with zero attached hydrogens (tertiary/aromatic N) is 1. The summed E-state index contributed by atoms with van der Waals surface area (Å²) in [6.45, 7) is 0.435. The van der Waals surface area contributed by atoms with Crippen molar-refractivity contribution in [2.45, 2.75) is 12.5 Å². The van der Waals surface area contributed by atoms with E-state index in [-0.39, 0.29) is 24.5 Å². The highest BCUT2D eigenvalue weighted by Crippen LogP contribution is 2.20. The van der Waals surface area contributed by atoms with Gasteiger partial charge in [0.15, 0.2) is 0 Å². The van der Waals surface area contributed by atoms with Crippen LogP contribution in [0.25, 0.3) is 0 Å². The van der Waals surface area contributed by atoms with Crippen molar-refractivity contribution in [3.05, 3.63) is 39.9 Å². The molecule has 0 N–H and O–H groups in total. The lowest BCUT2D eigenvalue weighted by atomic mass is 10.0. The number of ether oxygens (including phenoxy) is 3. The number of rotatable bonds is 4. The van der Waals surface area contributed by atoms with E-state index in [0.717, 1.165) is 0 Å². The minimum Gasteiger partial charge on any atom is -0.469 e. The van der Waals surface area contributed by atoms with E-state index in [9.17, 15) is 19.7 Å². The summed E-state index contributed by atoms with van der Waals surface area (Å²) < 4.78 is 15.1. The summed E-state index contributed by atoms with van der Waals surface area (Å²) in [4.78, 5) is 33.4. The molecule has 1 saturated heterocycles. The highest BCUT2D eigenvalue weighted by Gasteiger charge is 2.31. The van der Waals surface area contributed by atoms with E-state index in [1.165, 1.54) is 31.4 Å². The van der Waals surface area contributed by atoms with Gasteiger partial charge in [-0.3, -0.25) is 14.9 Å². The quantitative estimate of drug-likeness (QED) is 0.469. The van der Waals surface area contributed by atoms with E-state index < -0.39 is 28.9 Å². The summed E-state index contributed by atoms with van der Waals surface area (Å²) in [5, 5.41) is 10.6. The van der Waals surface area contributed by atoms with Gasteiger partial charge in [0.25, 0.3) is 5.69 Å². The fourth-order valence-electron chi connectivity index (χ4n) is 2.15. The second kappa shape index (κ2) is 6.99. The molecule has 1 aromatic carbocycles. The Morgan fingerprint density at radius 2 is 1.95 bits per heavy atom. The van der Waals surface area contributed by atoms with E-state index >= 15 is 0 Å². The normalized spacial score (nSPS) is 21.0. The molecule has 8 heteroatoms. The lowest BCUT2D eigenvalue weighted by Crippen LogP contribution is -2.37. The summed E-state index contributed by atoms with van der Waals surface area (Å²) in [5.74, 6) is -1.49. The van der Waals surface area contributed by atoms with Crippen molar-refractivity contribution in [3.8, 4) is 0 Å². The first-order chi connectivity index (χ1) is 10.5. The number of non-ortho nitro benzene ring substituents is 1. The number of methoxy groups -OCH3 is 1. The van der Waals surface area contributed by atoms with Gasteiger partial charge in [-0.2, -0.15) is 0 Å². The van der Waals surface area contributed by atoms with Crippen LogP contribution in [0.1, 0.15) is 16.8 Å². The number of nitro benzene ring substituents is 1. The third kappa shape index (κ3) is 3.79. The summed E-state index contributed by atoms with van der Waals surface area (Å²) >= 11 is 0. The number of carbonyl (C=O) groups is 2. The van der Waals surface area contributed by atoms with Crippen LogP contribution in [0, 0.1) is 16.0 Å². The third-order valence-electron chi connectivity index (χ3n) is 3.29. The summed E-state index contributed by atoms with van der Waals surface area (Å²) in [7, 11) is 1.29. The predicted molar refractivity (Wildman–Crippen MR) is 73.2 cm³/mol. The van der Waals surface area contributed by atoms with Crippen molar-refractivity contribution >= 4 is 17.6 Å². The van der Waals surface area contributed by atoms with Crippen LogP contribution in [0.4, 0.5) is 5.69 Å². The van der Waals surface area contributed by atoms with Crippen molar-refractivity contribution in [1.29, 1.82) is 0 Å². The molecule has 0 radical (unpaired) electrons. The first kappa shape index (κ1) is 15.9. The Hall–Kier alpha value is -2.48. The zero-order valence-electron chi connectivity index (χ0n) is 11.9. The molecule has 0 bridgehead atoms. The number of hydrogen-bond acceptors (Lipinski definition) is 7. The minimum absolute atomic E-state index is 0.108. The van der Waals surface area contributed by atoms with Crippen molar-refractivity contribution in [1.82, 2.24) is 0 Å². The molecule has 8 nitrogen and oxygen atoms in total. The molecule has 1 aliphatic rings. The average molecular weight is 309 g/mol. The summed E-state index contributed by atoms with van der Waals surface area (Å²) in [6.07, 6.45) is -0.230. The molecule has 0 spiro atoms. The molecule has 0 aromatic heterocycles. The highest BCUT2D eigenvalue weighted by molar-refractivity contribution is 5.89. The minimum atomic E-state index is -0.617. The number of benzene rings is 1. The summed E-state index contributed by atoms with van der Waals surface area (Å²) in [6, 6.07) is 5.10. The van der Waals surface area contributed by atoms with Gasteiger partial charge in [0.2, 0.25) is 0 Å². The monoisotopic (exact) mass is 309 g/mol. The Bertz CT molecular complexity index is 569. The van der Waals surface area contributed by atoms with Crippen LogP contribution < -0.4 is 0 Å². The largest absolute Gasteiger partial charge is 0.469 e. The third-order valence-corrected chi connectivity index (χ3v) is 3.29. The number of carbonyl (C=O) groups excluding carboxylic acids is 2. The Morgan fingerprint density at radius 3 is 2.55 bits per heavy atom. The standard InChI is InChI=1S/C14H15NO7/c1-20-13(16)10-6-12(8-21-7-10)22-14(17)9-2-4-11(5-3-9)15(18)19/h2-5,10,12H,6-8H2,1H3/t10-,12?/m1/s1. The molecule has 2 atom stereocenters. The van der Waals surface area contributed by atoms with Gasteiger partial charge in [0.05, 0.1) is 36.7 Å². The molecule has 0 amide bonds. The molecule has 0 aliphatic carbocycles. The van der Waals surface area contributed by atoms with Crippen LogP contribution in [0.5, 0.6) is 0 Å². The van der Waals surface area contributed by atoms with E-state index in [2.05, 4.69) is 4.74 Å². The van der Waals surface area contributed by atoms with Crippen LogP contribution in [0.15, 0.2) is 24.3 Å². The van der Waals surface area contributed by atoms with Gasteiger partial charge >= 0.3 is 11.9 Å². The maximum Gasteiger partial charge on any atom is 0.338 e. The van der Waals surface area contributed by atoms with Crippen LogP contribution in [-0.4, -0.2) is 43.3 Å². The van der Waals surface area contributed by atoms with Crippen molar-refractivity contribution in [2.75, 3.05) is 20.3 Å². The smallest absolute Gasteiger partial charge is 0.338 e. The second-order valence-electron chi connectivity index (χ2n) is 4.82. The first-order valence-corrected chi connectivity index (χ1v) is 6.62. The van der Waals surface area contributed by atoms with E-state index in [4.69, 9.17) is 9.47 Å². The Balaban J connectivity index is 1.96. The van der Waals surface area contributed by atoms with Crippen LogP contribution in [0.2, 0.25) is 0 Å². The van der Waals surface area contributed by atoms with Gasteiger partial charge in [-0.05, 0) is 12.1 Å². The molecule has 1 unspecified atom stereocenters. The fraction of sp³-hybridized carbons (Fsp3) is 0.429. The highest BCUT2D eigenvalue weighted by atomic mass is 16.6.